The lowest BCUT2D eigenvalue weighted by Gasteiger charge is -2.08. The van der Waals surface area contributed by atoms with E-state index in [0.29, 0.717) is 18.1 Å². The van der Waals surface area contributed by atoms with Crippen molar-refractivity contribution in [3.63, 3.8) is 0 Å². The predicted molar refractivity (Wildman–Crippen MR) is 81.1 cm³/mol. The summed E-state index contributed by atoms with van der Waals surface area (Å²) in [5, 5.41) is 4.64. The summed E-state index contributed by atoms with van der Waals surface area (Å²) in [6, 6.07) is 6.76. The van der Waals surface area contributed by atoms with Gasteiger partial charge < -0.3 is 24.8 Å². The Morgan fingerprint density at radius 3 is 2.13 bits per heavy atom. The first-order valence-electron chi connectivity index (χ1n) is 7.03. The molecule has 126 valence electrons. The van der Waals surface area contributed by atoms with Gasteiger partial charge in [0.2, 0.25) is 5.91 Å². The highest BCUT2D eigenvalue weighted by Gasteiger charge is 2.09. The zero-order valence-electron chi connectivity index (χ0n) is 13.1. The Balaban J connectivity index is 2.23. The average molecular weight is 324 g/mol. The molecule has 0 saturated heterocycles. The van der Waals surface area contributed by atoms with E-state index < -0.39 is 18.5 Å². The second kappa shape index (κ2) is 10.0. The number of hydrogen-bond acceptors (Lipinski definition) is 6. The van der Waals surface area contributed by atoms with Gasteiger partial charge in [0.1, 0.15) is 11.5 Å². The molecule has 1 rings (SSSR count). The molecule has 2 amide bonds. The average Bonchev–Trinajstić information content (AvgIpc) is 2.57. The lowest BCUT2D eigenvalue weighted by molar-refractivity contribution is -0.150. The second-order valence-electron chi connectivity index (χ2n) is 4.30. The Hall–Kier alpha value is -2.77. The van der Waals surface area contributed by atoms with Gasteiger partial charge in [-0.25, -0.2) is 4.79 Å². The van der Waals surface area contributed by atoms with Crippen LogP contribution in [0.5, 0.6) is 11.5 Å². The normalized spacial score (nSPS) is 9.65. The molecule has 1 aromatic carbocycles. The second-order valence-corrected chi connectivity index (χ2v) is 4.30. The van der Waals surface area contributed by atoms with Crippen LogP contribution in [0.15, 0.2) is 24.3 Å². The number of likely N-dealkylation sites (N-methyl/N-ethyl adjacent to an activating group) is 1. The summed E-state index contributed by atoms with van der Waals surface area (Å²) in [4.78, 5) is 33.7. The summed E-state index contributed by atoms with van der Waals surface area (Å²) < 4.78 is 15.2. The molecule has 0 aliphatic heterocycles. The first kappa shape index (κ1) is 18.3. The van der Waals surface area contributed by atoms with Crippen LogP contribution in [0.4, 0.5) is 0 Å². The molecule has 0 aliphatic carbocycles. The quantitative estimate of drug-likeness (QED) is 0.613. The number of hydrogen-bond donors (Lipinski definition) is 2. The number of esters is 1. The van der Waals surface area contributed by atoms with Gasteiger partial charge in [-0.2, -0.15) is 0 Å². The fourth-order valence-corrected chi connectivity index (χ4v) is 1.45. The molecule has 0 spiro atoms. The fraction of sp³-hybridized carbons (Fsp3) is 0.400. The molecule has 0 bridgehead atoms. The highest BCUT2D eigenvalue weighted by atomic mass is 16.6. The molecule has 0 aliphatic rings. The predicted octanol–water partition coefficient (Wildman–Crippen LogP) is -0.130. The maximum atomic E-state index is 11.5. The van der Waals surface area contributed by atoms with E-state index in [0.717, 1.165) is 0 Å². The zero-order valence-corrected chi connectivity index (χ0v) is 13.1. The highest BCUT2D eigenvalue weighted by molar-refractivity contribution is 5.86. The topological polar surface area (TPSA) is 103 Å². The van der Waals surface area contributed by atoms with Crippen LogP contribution in [0.1, 0.15) is 6.92 Å². The Morgan fingerprint density at radius 2 is 1.57 bits per heavy atom. The summed E-state index contributed by atoms with van der Waals surface area (Å²) in [6.45, 7) is 1.48. The van der Waals surface area contributed by atoms with Crippen LogP contribution < -0.4 is 20.1 Å². The van der Waals surface area contributed by atoms with Gasteiger partial charge in [-0.1, -0.05) is 0 Å². The van der Waals surface area contributed by atoms with Gasteiger partial charge in [-0.15, -0.1) is 0 Å². The minimum absolute atomic E-state index is 0.171. The largest absolute Gasteiger partial charge is 0.494 e. The van der Waals surface area contributed by atoms with Crippen molar-refractivity contribution in [2.75, 3.05) is 33.4 Å². The van der Waals surface area contributed by atoms with E-state index in [-0.39, 0.29) is 19.1 Å². The molecular weight excluding hydrogens is 304 g/mol. The molecule has 1 aromatic rings. The third-order valence-electron chi connectivity index (χ3n) is 2.58. The number of carbonyl (C=O) groups excluding carboxylic acids is 3. The van der Waals surface area contributed by atoms with Crippen molar-refractivity contribution in [1.82, 2.24) is 10.6 Å². The summed E-state index contributed by atoms with van der Waals surface area (Å²) in [6.07, 6.45) is 0. The number of ether oxygens (including phenoxy) is 3. The molecule has 0 radical (unpaired) electrons. The zero-order chi connectivity index (χ0) is 17.1. The van der Waals surface area contributed by atoms with Gasteiger partial charge in [-0.05, 0) is 31.2 Å². The summed E-state index contributed by atoms with van der Waals surface area (Å²) in [5.74, 6) is -0.412. The van der Waals surface area contributed by atoms with Gasteiger partial charge in [-0.3, -0.25) is 9.59 Å². The number of rotatable bonds is 9. The molecule has 2 N–H and O–H groups in total. The van der Waals surface area contributed by atoms with Crippen LogP contribution in [-0.4, -0.2) is 51.2 Å². The van der Waals surface area contributed by atoms with Crippen molar-refractivity contribution in [3.05, 3.63) is 24.3 Å². The van der Waals surface area contributed by atoms with E-state index in [1.165, 1.54) is 7.05 Å². The Labute approximate surface area is 134 Å². The smallest absolute Gasteiger partial charge is 0.344 e. The van der Waals surface area contributed by atoms with Gasteiger partial charge in [0, 0.05) is 7.05 Å². The summed E-state index contributed by atoms with van der Waals surface area (Å²) >= 11 is 0. The molecular formula is C15H20N2O6. The maximum Gasteiger partial charge on any atom is 0.344 e. The van der Waals surface area contributed by atoms with Crippen molar-refractivity contribution in [1.29, 1.82) is 0 Å². The number of benzene rings is 1. The van der Waals surface area contributed by atoms with Crippen LogP contribution in [0.3, 0.4) is 0 Å². The van der Waals surface area contributed by atoms with Gasteiger partial charge in [0.15, 0.2) is 13.2 Å². The third-order valence-corrected chi connectivity index (χ3v) is 2.58. The van der Waals surface area contributed by atoms with E-state index >= 15 is 0 Å². The van der Waals surface area contributed by atoms with E-state index in [2.05, 4.69) is 10.6 Å². The SMILES string of the molecule is CCOc1ccc(OCC(=O)OCC(=O)NCC(=O)NC)cc1. The number of nitrogens with one attached hydrogen (secondary N) is 2. The number of carbonyl (C=O) groups is 3. The Morgan fingerprint density at radius 1 is 0.957 bits per heavy atom. The molecule has 0 saturated carbocycles. The van der Waals surface area contributed by atoms with Crippen LogP contribution in [0.2, 0.25) is 0 Å². The first-order valence-corrected chi connectivity index (χ1v) is 7.03. The molecule has 0 aromatic heterocycles. The van der Waals surface area contributed by atoms with Crippen LogP contribution >= 0.6 is 0 Å². The van der Waals surface area contributed by atoms with Crippen molar-refractivity contribution in [2.24, 2.45) is 0 Å². The minimum Gasteiger partial charge on any atom is -0.494 e. The molecule has 0 unspecified atom stereocenters. The molecule has 0 heterocycles. The third kappa shape index (κ3) is 7.70. The van der Waals surface area contributed by atoms with E-state index in [9.17, 15) is 14.4 Å². The summed E-state index contributed by atoms with van der Waals surface area (Å²) in [7, 11) is 1.45. The Kier molecular flexibility index (Phi) is 7.98. The maximum absolute atomic E-state index is 11.5. The van der Waals surface area contributed by atoms with Crippen molar-refractivity contribution < 1.29 is 28.6 Å². The van der Waals surface area contributed by atoms with Crippen LogP contribution in [0.25, 0.3) is 0 Å². The van der Waals surface area contributed by atoms with Crippen LogP contribution in [0, 0.1) is 0 Å². The minimum atomic E-state index is -0.686. The molecule has 23 heavy (non-hydrogen) atoms. The lowest BCUT2D eigenvalue weighted by atomic mass is 10.3. The van der Waals surface area contributed by atoms with Gasteiger partial charge in [0.25, 0.3) is 5.91 Å². The van der Waals surface area contributed by atoms with E-state index in [1.807, 2.05) is 6.92 Å². The monoisotopic (exact) mass is 324 g/mol. The van der Waals surface area contributed by atoms with Crippen molar-refractivity contribution >= 4 is 17.8 Å². The van der Waals surface area contributed by atoms with Crippen molar-refractivity contribution in [3.8, 4) is 11.5 Å². The molecule has 0 atom stereocenters. The standard InChI is InChI=1S/C15H20N2O6/c1-3-21-11-4-6-12(7-5-11)22-10-15(20)23-9-14(19)17-8-13(18)16-2/h4-7H,3,8-10H2,1-2H3,(H,16,18)(H,17,19). The fourth-order valence-electron chi connectivity index (χ4n) is 1.45. The van der Waals surface area contributed by atoms with Gasteiger partial charge in [0.05, 0.1) is 13.2 Å². The molecule has 8 heteroatoms. The first-order chi connectivity index (χ1) is 11.0. The molecule has 8 nitrogen and oxygen atoms in total. The van der Waals surface area contributed by atoms with Gasteiger partial charge >= 0.3 is 5.97 Å². The van der Waals surface area contributed by atoms with E-state index in [1.54, 1.807) is 24.3 Å². The lowest BCUT2D eigenvalue weighted by Crippen LogP contribution is -2.37. The number of amides is 2. The van der Waals surface area contributed by atoms with E-state index in [4.69, 9.17) is 14.2 Å². The Bertz CT molecular complexity index is 529. The summed E-state index contributed by atoms with van der Waals surface area (Å²) in [5.41, 5.74) is 0. The molecule has 0 fully saturated rings. The van der Waals surface area contributed by atoms with Crippen LogP contribution in [-0.2, 0) is 19.1 Å². The van der Waals surface area contributed by atoms with Crippen molar-refractivity contribution in [2.45, 2.75) is 6.92 Å². The highest BCUT2D eigenvalue weighted by Crippen LogP contribution is 2.17.